The van der Waals surface area contributed by atoms with E-state index in [1.807, 2.05) is 30.3 Å². The molecule has 0 aliphatic heterocycles. The number of nitrogens with one attached hydrogen (secondary N) is 1. The molecule has 0 radical (unpaired) electrons. The molecule has 0 spiro atoms. The van der Waals surface area contributed by atoms with Gasteiger partial charge in [0.2, 0.25) is 0 Å². The minimum atomic E-state index is -1.05. The van der Waals surface area contributed by atoms with Crippen LogP contribution in [0.4, 0.5) is 0 Å². The lowest BCUT2D eigenvalue weighted by Crippen LogP contribution is -2.38. The van der Waals surface area contributed by atoms with Crippen LogP contribution in [0.1, 0.15) is 18.9 Å². The SMILES string of the molecule is CCN[C@H](CC(=O)OCc1ccccc1)C(=O)O. The third kappa shape index (κ3) is 4.97. The van der Waals surface area contributed by atoms with Gasteiger partial charge in [0, 0.05) is 0 Å². The fourth-order valence-electron chi connectivity index (χ4n) is 1.46. The maximum Gasteiger partial charge on any atom is 0.321 e. The Morgan fingerprint density at radius 1 is 1.33 bits per heavy atom. The van der Waals surface area contributed by atoms with Crippen molar-refractivity contribution in [3.8, 4) is 0 Å². The van der Waals surface area contributed by atoms with Crippen molar-refractivity contribution in [2.75, 3.05) is 6.54 Å². The fraction of sp³-hybridized carbons (Fsp3) is 0.385. The van der Waals surface area contributed by atoms with Gasteiger partial charge in [-0.2, -0.15) is 0 Å². The number of hydrogen-bond acceptors (Lipinski definition) is 4. The number of carboxylic acids is 1. The van der Waals surface area contributed by atoms with E-state index in [1.165, 1.54) is 0 Å². The van der Waals surface area contributed by atoms with Crippen molar-refractivity contribution in [2.24, 2.45) is 0 Å². The van der Waals surface area contributed by atoms with Crippen LogP contribution in [0, 0.1) is 0 Å². The largest absolute Gasteiger partial charge is 0.480 e. The molecule has 0 aliphatic rings. The Labute approximate surface area is 106 Å². The van der Waals surface area contributed by atoms with Gasteiger partial charge in [0.15, 0.2) is 0 Å². The van der Waals surface area contributed by atoms with E-state index in [1.54, 1.807) is 6.92 Å². The third-order valence-corrected chi connectivity index (χ3v) is 2.36. The van der Waals surface area contributed by atoms with Crippen LogP contribution >= 0.6 is 0 Å². The van der Waals surface area contributed by atoms with Crippen molar-refractivity contribution in [3.05, 3.63) is 35.9 Å². The minimum absolute atomic E-state index is 0.165. The monoisotopic (exact) mass is 251 g/mol. The maximum absolute atomic E-state index is 11.5. The van der Waals surface area contributed by atoms with Gasteiger partial charge in [-0.05, 0) is 12.1 Å². The smallest absolute Gasteiger partial charge is 0.321 e. The highest BCUT2D eigenvalue weighted by molar-refractivity contribution is 5.81. The molecule has 98 valence electrons. The molecule has 0 saturated carbocycles. The zero-order valence-electron chi connectivity index (χ0n) is 10.3. The molecule has 5 heteroatoms. The van der Waals surface area contributed by atoms with E-state index in [-0.39, 0.29) is 13.0 Å². The first-order valence-corrected chi connectivity index (χ1v) is 5.79. The molecule has 2 N–H and O–H groups in total. The normalized spacial score (nSPS) is 11.8. The summed E-state index contributed by atoms with van der Waals surface area (Å²) in [6.45, 7) is 2.44. The molecule has 0 fully saturated rings. The second-order valence-corrected chi connectivity index (χ2v) is 3.80. The predicted molar refractivity (Wildman–Crippen MR) is 66.0 cm³/mol. The van der Waals surface area contributed by atoms with Gasteiger partial charge in [0.25, 0.3) is 0 Å². The molecule has 0 unspecified atom stereocenters. The lowest BCUT2D eigenvalue weighted by molar-refractivity contribution is -0.150. The van der Waals surface area contributed by atoms with Crippen LogP contribution in [0.2, 0.25) is 0 Å². The zero-order chi connectivity index (χ0) is 13.4. The van der Waals surface area contributed by atoms with Crippen LogP contribution in [-0.2, 0) is 20.9 Å². The maximum atomic E-state index is 11.5. The Kier molecular flexibility index (Phi) is 5.87. The summed E-state index contributed by atoms with van der Waals surface area (Å²) in [7, 11) is 0. The number of carbonyl (C=O) groups is 2. The molecule has 0 aliphatic carbocycles. The summed E-state index contributed by atoms with van der Waals surface area (Å²) in [6.07, 6.45) is -0.171. The summed E-state index contributed by atoms with van der Waals surface area (Å²) in [5, 5.41) is 11.6. The van der Waals surface area contributed by atoms with Gasteiger partial charge in [-0.1, -0.05) is 37.3 Å². The summed E-state index contributed by atoms with van der Waals surface area (Å²) in [6, 6.07) is 8.36. The average Bonchev–Trinajstić information content (AvgIpc) is 2.37. The van der Waals surface area contributed by atoms with Gasteiger partial charge >= 0.3 is 11.9 Å². The minimum Gasteiger partial charge on any atom is -0.480 e. The standard InChI is InChI=1S/C13H17NO4/c1-2-14-11(13(16)17)8-12(15)18-9-10-6-4-3-5-7-10/h3-7,11,14H,2,8-9H2,1H3,(H,16,17)/t11-/m1/s1. The molecule has 18 heavy (non-hydrogen) atoms. The van der Waals surface area contributed by atoms with Crippen molar-refractivity contribution >= 4 is 11.9 Å². The fourth-order valence-corrected chi connectivity index (χ4v) is 1.46. The van der Waals surface area contributed by atoms with Gasteiger partial charge in [-0.25, -0.2) is 0 Å². The Hall–Kier alpha value is -1.88. The molecule has 0 heterocycles. The Bertz CT molecular complexity index is 391. The molecule has 0 aromatic heterocycles. The highest BCUT2D eigenvalue weighted by Crippen LogP contribution is 2.03. The van der Waals surface area contributed by atoms with Gasteiger partial charge in [0.1, 0.15) is 12.6 Å². The second kappa shape index (κ2) is 7.45. The van der Waals surface area contributed by atoms with Gasteiger partial charge in [-0.15, -0.1) is 0 Å². The lowest BCUT2D eigenvalue weighted by atomic mass is 10.2. The highest BCUT2D eigenvalue weighted by Gasteiger charge is 2.20. The number of ether oxygens (including phenoxy) is 1. The molecule has 0 amide bonds. The van der Waals surface area contributed by atoms with E-state index in [9.17, 15) is 9.59 Å². The third-order valence-electron chi connectivity index (χ3n) is 2.36. The summed E-state index contributed by atoms with van der Waals surface area (Å²) in [5.41, 5.74) is 0.876. The number of carboxylic acid groups (broad SMARTS) is 1. The number of likely N-dealkylation sites (N-methyl/N-ethyl adjacent to an activating group) is 1. The van der Waals surface area contributed by atoms with Crippen molar-refractivity contribution in [1.29, 1.82) is 0 Å². The van der Waals surface area contributed by atoms with Crippen molar-refractivity contribution in [2.45, 2.75) is 26.0 Å². The summed E-state index contributed by atoms with van der Waals surface area (Å²) in [4.78, 5) is 22.3. The van der Waals surface area contributed by atoms with Crippen LogP contribution in [0.25, 0.3) is 0 Å². The van der Waals surface area contributed by atoms with Crippen LogP contribution in [0.15, 0.2) is 30.3 Å². The molecular formula is C13H17NO4. The first-order valence-electron chi connectivity index (χ1n) is 5.79. The van der Waals surface area contributed by atoms with E-state index < -0.39 is 18.0 Å². The quantitative estimate of drug-likeness (QED) is 0.712. The Balaban J connectivity index is 2.39. The van der Waals surface area contributed by atoms with Crippen LogP contribution in [-0.4, -0.2) is 29.6 Å². The van der Waals surface area contributed by atoms with Gasteiger partial charge in [-0.3, -0.25) is 9.59 Å². The molecular weight excluding hydrogens is 234 g/mol. The van der Waals surface area contributed by atoms with Crippen molar-refractivity contribution < 1.29 is 19.4 Å². The molecule has 5 nitrogen and oxygen atoms in total. The van der Waals surface area contributed by atoms with Crippen LogP contribution < -0.4 is 5.32 Å². The predicted octanol–water partition coefficient (Wildman–Crippen LogP) is 1.18. The van der Waals surface area contributed by atoms with E-state index in [0.29, 0.717) is 6.54 Å². The molecule has 0 saturated heterocycles. The number of rotatable bonds is 7. The summed E-state index contributed by atoms with van der Waals surface area (Å²) >= 11 is 0. The first-order chi connectivity index (χ1) is 8.63. The second-order valence-electron chi connectivity index (χ2n) is 3.80. The number of esters is 1. The lowest BCUT2D eigenvalue weighted by Gasteiger charge is -2.12. The molecule has 1 aromatic rings. The number of benzene rings is 1. The number of aliphatic carboxylic acids is 1. The first kappa shape index (κ1) is 14.2. The topological polar surface area (TPSA) is 75.6 Å². The van der Waals surface area contributed by atoms with Gasteiger partial charge in [0.05, 0.1) is 6.42 Å². The van der Waals surface area contributed by atoms with E-state index in [2.05, 4.69) is 5.32 Å². The van der Waals surface area contributed by atoms with Crippen molar-refractivity contribution in [3.63, 3.8) is 0 Å². The van der Waals surface area contributed by atoms with Crippen LogP contribution in [0.5, 0.6) is 0 Å². The number of hydrogen-bond donors (Lipinski definition) is 2. The molecule has 1 atom stereocenters. The molecule has 0 bridgehead atoms. The molecule has 1 aromatic carbocycles. The Morgan fingerprint density at radius 2 is 2.00 bits per heavy atom. The number of carbonyl (C=O) groups excluding carboxylic acids is 1. The zero-order valence-corrected chi connectivity index (χ0v) is 10.3. The summed E-state index contributed by atoms with van der Waals surface area (Å²) < 4.78 is 5.01. The van der Waals surface area contributed by atoms with Gasteiger partial charge < -0.3 is 15.2 Å². The van der Waals surface area contributed by atoms with E-state index >= 15 is 0 Å². The van der Waals surface area contributed by atoms with E-state index in [0.717, 1.165) is 5.56 Å². The summed E-state index contributed by atoms with van der Waals surface area (Å²) in [5.74, 6) is -1.57. The molecule has 1 rings (SSSR count). The van der Waals surface area contributed by atoms with Crippen molar-refractivity contribution in [1.82, 2.24) is 5.32 Å². The van der Waals surface area contributed by atoms with Crippen LogP contribution in [0.3, 0.4) is 0 Å². The Morgan fingerprint density at radius 3 is 2.56 bits per heavy atom. The highest BCUT2D eigenvalue weighted by atomic mass is 16.5. The van der Waals surface area contributed by atoms with E-state index in [4.69, 9.17) is 9.84 Å². The average molecular weight is 251 g/mol.